The number of halogens is 1. The van der Waals surface area contributed by atoms with Crippen LogP contribution in [0.5, 0.6) is 0 Å². The number of furan rings is 1. The van der Waals surface area contributed by atoms with Crippen molar-refractivity contribution in [1.29, 1.82) is 0 Å². The van der Waals surface area contributed by atoms with E-state index in [9.17, 15) is 9.59 Å². The van der Waals surface area contributed by atoms with Crippen molar-refractivity contribution in [2.45, 2.75) is 43.7 Å². The van der Waals surface area contributed by atoms with Crippen molar-refractivity contribution in [3.05, 3.63) is 45.3 Å². The predicted octanol–water partition coefficient (Wildman–Crippen LogP) is 4.43. The standard InChI is InChI=1S/C20H20BrN5O3S/c1-10-16-13(27)8-20(2,3)9-14(16)29-17(10)18(28)22-12-7-11(21)5-6-15(12)30-19-23-24-25-26(19)4/h5-7H,8-9H2,1-4H3,(H,22,28). The van der Waals surface area contributed by atoms with Crippen LogP contribution < -0.4 is 5.32 Å². The highest BCUT2D eigenvalue weighted by atomic mass is 79.9. The molecule has 1 N–H and O–H groups in total. The Bertz CT molecular complexity index is 1170. The second-order valence-corrected chi connectivity index (χ2v) is 10.0. The first-order valence-electron chi connectivity index (χ1n) is 9.31. The van der Waals surface area contributed by atoms with Gasteiger partial charge in [-0.2, -0.15) is 0 Å². The summed E-state index contributed by atoms with van der Waals surface area (Å²) in [6.07, 6.45) is 1.07. The van der Waals surface area contributed by atoms with Crippen LogP contribution in [0.3, 0.4) is 0 Å². The van der Waals surface area contributed by atoms with E-state index < -0.39 is 5.91 Å². The number of rotatable bonds is 4. The van der Waals surface area contributed by atoms with Gasteiger partial charge in [-0.25, -0.2) is 4.68 Å². The number of benzene rings is 1. The molecule has 0 bridgehead atoms. The number of carbonyl (C=O) groups excluding carboxylic acids is 2. The van der Waals surface area contributed by atoms with Gasteiger partial charge in [-0.15, -0.1) is 5.10 Å². The number of aryl methyl sites for hydroxylation is 1. The zero-order valence-corrected chi connectivity index (χ0v) is 19.3. The number of fused-ring (bicyclic) bond motifs is 1. The molecule has 0 unspecified atom stereocenters. The Morgan fingerprint density at radius 1 is 1.33 bits per heavy atom. The van der Waals surface area contributed by atoms with Crippen LogP contribution in [-0.2, 0) is 13.5 Å². The van der Waals surface area contributed by atoms with Crippen LogP contribution in [0.25, 0.3) is 0 Å². The van der Waals surface area contributed by atoms with Crippen LogP contribution in [0.1, 0.15) is 52.5 Å². The van der Waals surface area contributed by atoms with Crippen LogP contribution in [-0.4, -0.2) is 31.9 Å². The normalized spacial score (nSPS) is 15.2. The number of amides is 1. The Morgan fingerprint density at radius 3 is 2.80 bits per heavy atom. The first-order chi connectivity index (χ1) is 14.1. The third-order valence-electron chi connectivity index (χ3n) is 4.96. The Labute approximate surface area is 185 Å². The molecule has 2 heterocycles. The average molecular weight is 490 g/mol. The second-order valence-electron chi connectivity index (χ2n) is 8.08. The summed E-state index contributed by atoms with van der Waals surface area (Å²) >= 11 is 4.77. The summed E-state index contributed by atoms with van der Waals surface area (Å²) in [5, 5.41) is 14.9. The molecular weight excluding hydrogens is 470 g/mol. The van der Waals surface area contributed by atoms with Gasteiger partial charge in [0.15, 0.2) is 11.5 Å². The molecule has 0 spiro atoms. The number of tetrazole rings is 1. The molecule has 0 radical (unpaired) electrons. The minimum absolute atomic E-state index is 0.0232. The molecule has 10 heteroatoms. The quantitative estimate of drug-likeness (QED) is 0.577. The highest BCUT2D eigenvalue weighted by Crippen LogP contribution is 2.39. The maximum absolute atomic E-state index is 13.1. The van der Waals surface area contributed by atoms with E-state index in [1.165, 1.54) is 11.8 Å². The summed E-state index contributed by atoms with van der Waals surface area (Å²) in [4.78, 5) is 26.4. The minimum Gasteiger partial charge on any atom is -0.455 e. The van der Waals surface area contributed by atoms with Gasteiger partial charge < -0.3 is 9.73 Å². The van der Waals surface area contributed by atoms with E-state index in [-0.39, 0.29) is 17.0 Å². The van der Waals surface area contributed by atoms with Crippen LogP contribution in [0.2, 0.25) is 0 Å². The minimum atomic E-state index is -0.399. The lowest BCUT2D eigenvalue weighted by molar-refractivity contribution is 0.0898. The van der Waals surface area contributed by atoms with Gasteiger partial charge in [0.2, 0.25) is 5.16 Å². The van der Waals surface area contributed by atoms with Gasteiger partial charge in [0.1, 0.15) is 5.76 Å². The topological polar surface area (TPSA) is 103 Å². The molecule has 0 saturated carbocycles. The molecule has 1 aliphatic carbocycles. The van der Waals surface area contributed by atoms with Gasteiger partial charge in [0, 0.05) is 34.8 Å². The number of Topliss-reactive ketones (excluding diaryl/α,β-unsaturated/α-hetero) is 1. The molecule has 3 aromatic rings. The second kappa shape index (κ2) is 7.66. The van der Waals surface area contributed by atoms with Crippen LogP contribution in [0.15, 0.2) is 37.1 Å². The molecule has 1 aromatic carbocycles. The molecule has 156 valence electrons. The van der Waals surface area contributed by atoms with Crippen LogP contribution in [0, 0.1) is 12.3 Å². The largest absolute Gasteiger partial charge is 0.455 e. The van der Waals surface area contributed by atoms with Gasteiger partial charge in [-0.3, -0.25) is 9.59 Å². The average Bonchev–Trinajstić information content (AvgIpc) is 3.19. The van der Waals surface area contributed by atoms with Gasteiger partial charge in [0.25, 0.3) is 5.91 Å². The maximum atomic E-state index is 13.1. The highest BCUT2D eigenvalue weighted by molar-refractivity contribution is 9.10. The fraction of sp³-hybridized carbons (Fsp3) is 0.350. The van der Waals surface area contributed by atoms with Crippen molar-refractivity contribution >= 4 is 45.1 Å². The number of aromatic nitrogens is 4. The molecule has 1 amide bonds. The van der Waals surface area contributed by atoms with Crippen molar-refractivity contribution in [3.8, 4) is 0 Å². The number of carbonyl (C=O) groups is 2. The van der Waals surface area contributed by atoms with Gasteiger partial charge in [-0.1, -0.05) is 29.8 Å². The van der Waals surface area contributed by atoms with Gasteiger partial charge >= 0.3 is 0 Å². The smallest absolute Gasteiger partial charge is 0.291 e. The third-order valence-corrected chi connectivity index (χ3v) is 6.55. The van der Waals surface area contributed by atoms with Crippen LogP contribution >= 0.6 is 27.7 Å². The number of anilines is 1. The molecule has 30 heavy (non-hydrogen) atoms. The number of hydrogen-bond acceptors (Lipinski definition) is 7. The van der Waals surface area contributed by atoms with Crippen LogP contribution in [0.4, 0.5) is 5.69 Å². The van der Waals surface area contributed by atoms with E-state index in [1.54, 1.807) is 24.7 Å². The fourth-order valence-electron chi connectivity index (χ4n) is 3.57. The monoisotopic (exact) mass is 489 g/mol. The zero-order valence-electron chi connectivity index (χ0n) is 16.9. The summed E-state index contributed by atoms with van der Waals surface area (Å²) in [7, 11) is 1.74. The molecular formula is C20H20BrN5O3S. The van der Waals surface area contributed by atoms with E-state index in [2.05, 4.69) is 36.8 Å². The Hall–Kier alpha value is -2.46. The summed E-state index contributed by atoms with van der Waals surface area (Å²) < 4.78 is 8.25. The Kier molecular flexibility index (Phi) is 5.31. The van der Waals surface area contributed by atoms with E-state index in [0.717, 1.165) is 9.37 Å². The fourth-order valence-corrected chi connectivity index (χ4v) is 4.73. The lowest BCUT2D eigenvalue weighted by Gasteiger charge is -2.27. The molecule has 8 nitrogen and oxygen atoms in total. The lowest BCUT2D eigenvalue weighted by Crippen LogP contribution is -2.26. The molecule has 2 aromatic heterocycles. The van der Waals surface area contributed by atoms with Gasteiger partial charge in [-0.05, 0) is 52.7 Å². The highest BCUT2D eigenvalue weighted by Gasteiger charge is 2.37. The lowest BCUT2D eigenvalue weighted by atomic mass is 9.76. The van der Waals surface area contributed by atoms with Crippen molar-refractivity contribution < 1.29 is 14.0 Å². The van der Waals surface area contributed by atoms with E-state index in [1.807, 2.05) is 26.0 Å². The SMILES string of the molecule is Cc1c(C(=O)Nc2cc(Br)ccc2Sc2nnnn2C)oc2c1C(=O)CC(C)(C)C2. The predicted molar refractivity (Wildman–Crippen MR) is 115 cm³/mol. The van der Waals surface area contributed by atoms with E-state index in [4.69, 9.17) is 4.42 Å². The molecule has 4 rings (SSSR count). The maximum Gasteiger partial charge on any atom is 0.291 e. The van der Waals surface area contributed by atoms with E-state index in [0.29, 0.717) is 40.6 Å². The summed E-state index contributed by atoms with van der Waals surface area (Å²) in [6, 6.07) is 5.54. The first kappa shape index (κ1) is 20.8. The van der Waals surface area contributed by atoms with Crippen molar-refractivity contribution in [3.63, 3.8) is 0 Å². The molecule has 0 fully saturated rings. The zero-order chi connectivity index (χ0) is 21.6. The third kappa shape index (κ3) is 3.93. The molecule has 1 aliphatic rings. The van der Waals surface area contributed by atoms with Crippen molar-refractivity contribution in [1.82, 2.24) is 20.2 Å². The number of nitrogens with zero attached hydrogens (tertiary/aromatic N) is 4. The summed E-state index contributed by atoms with van der Waals surface area (Å²) in [6.45, 7) is 5.81. The summed E-state index contributed by atoms with van der Waals surface area (Å²) in [5.74, 6) is 0.383. The number of hydrogen-bond donors (Lipinski definition) is 1. The van der Waals surface area contributed by atoms with Gasteiger partial charge in [0.05, 0.1) is 11.3 Å². The number of ketones is 1. The van der Waals surface area contributed by atoms with Crippen molar-refractivity contribution in [2.75, 3.05) is 5.32 Å². The number of nitrogens with one attached hydrogen (secondary N) is 1. The summed E-state index contributed by atoms with van der Waals surface area (Å²) in [5.41, 5.74) is 1.54. The molecule has 0 saturated heterocycles. The molecule has 0 aliphatic heterocycles. The molecule has 0 atom stereocenters. The Balaban J connectivity index is 1.65. The van der Waals surface area contributed by atoms with E-state index >= 15 is 0 Å². The first-order valence-corrected chi connectivity index (χ1v) is 10.9. The van der Waals surface area contributed by atoms with Crippen molar-refractivity contribution in [2.24, 2.45) is 12.5 Å². The Morgan fingerprint density at radius 2 is 2.10 bits per heavy atom.